The molecular formula is C23H17F2N5. The van der Waals surface area contributed by atoms with Crippen LogP contribution in [0.25, 0.3) is 21.8 Å². The van der Waals surface area contributed by atoms with Crippen molar-refractivity contribution >= 4 is 5.69 Å². The third-order valence-corrected chi connectivity index (χ3v) is 4.93. The molecule has 7 heteroatoms. The summed E-state index contributed by atoms with van der Waals surface area (Å²) in [5.41, 5.74) is 3.08. The Morgan fingerprint density at radius 3 is 2.50 bits per heavy atom. The van der Waals surface area contributed by atoms with E-state index in [-0.39, 0.29) is 5.69 Å². The van der Waals surface area contributed by atoms with Crippen LogP contribution in [0.3, 0.4) is 0 Å². The van der Waals surface area contributed by atoms with Crippen LogP contribution in [-0.2, 0) is 5.41 Å². The SMILES string of the molecule is [C-]#[N+]c1cccc(-c2cccc(C(C)(C)c3ccn(-c4ccc(F)nc4F)n3)n2)c1. The van der Waals surface area contributed by atoms with Crippen LogP contribution in [0.2, 0.25) is 0 Å². The quantitative estimate of drug-likeness (QED) is 0.336. The lowest BCUT2D eigenvalue weighted by atomic mass is 9.85. The highest BCUT2D eigenvalue weighted by Gasteiger charge is 2.28. The van der Waals surface area contributed by atoms with E-state index in [1.165, 1.54) is 10.7 Å². The molecule has 3 aromatic heterocycles. The van der Waals surface area contributed by atoms with Gasteiger partial charge in [0.15, 0.2) is 5.69 Å². The molecule has 0 spiro atoms. The minimum absolute atomic E-state index is 0.0659. The van der Waals surface area contributed by atoms with Crippen LogP contribution in [0.15, 0.2) is 66.9 Å². The summed E-state index contributed by atoms with van der Waals surface area (Å²) < 4.78 is 28.5. The Morgan fingerprint density at radius 2 is 1.73 bits per heavy atom. The Labute approximate surface area is 172 Å². The zero-order valence-electron chi connectivity index (χ0n) is 16.3. The molecule has 3 heterocycles. The van der Waals surface area contributed by atoms with Gasteiger partial charge in [0, 0.05) is 6.20 Å². The molecule has 0 saturated carbocycles. The van der Waals surface area contributed by atoms with Crippen molar-refractivity contribution in [3.05, 3.63) is 102 Å². The number of halogens is 2. The number of hydrogen-bond donors (Lipinski definition) is 0. The van der Waals surface area contributed by atoms with E-state index in [0.29, 0.717) is 11.4 Å². The van der Waals surface area contributed by atoms with Crippen LogP contribution >= 0.6 is 0 Å². The van der Waals surface area contributed by atoms with Crippen LogP contribution in [0.1, 0.15) is 25.2 Å². The van der Waals surface area contributed by atoms with Gasteiger partial charge in [-0.3, -0.25) is 4.98 Å². The molecule has 4 aromatic rings. The molecule has 0 unspecified atom stereocenters. The van der Waals surface area contributed by atoms with Crippen LogP contribution in [0, 0.1) is 18.5 Å². The standard InChI is InChI=1S/C23H17F2N5/c1-23(2,20-12-13-30(29-20)18-10-11-21(24)28-22(18)25)19-9-5-8-17(27-19)15-6-4-7-16(14-15)26-3/h4-14H,1-2H3. The predicted octanol–water partition coefficient (Wildman–Crippen LogP) is 5.48. The summed E-state index contributed by atoms with van der Waals surface area (Å²) in [7, 11) is 0. The summed E-state index contributed by atoms with van der Waals surface area (Å²) in [4.78, 5) is 11.5. The first-order valence-electron chi connectivity index (χ1n) is 9.22. The Kier molecular flexibility index (Phi) is 4.84. The topological polar surface area (TPSA) is 48.0 Å². The van der Waals surface area contributed by atoms with Gasteiger partial charge < -0.3 is 0 Å². The fourth-order valence-corrected chi connectivity index (χ4v) is 3.18. The van der Waals surface area contributed by atoms with Gasteiger partial charge in [-0.1, -0.05) is 24.3 Å². The second kappa shape index (κ2) is 7.48. The van der Waals surface area contributed by atoms with Crippen molar-refractivity contribution in [1.29, 1.82) is 0 Å². The molecule has 0 radical (unpaired) electrons. The molecule has 0 amide bonds. The minimum Gasteiger partial charge on any atom is -0.252 e. The lowest BCUT2D eigenvalue weighted by molar-refractivity contribution is 0.503. The van der Waals surface area contributed by atoms with Gasteiger partial charge in [0.25, 0.3) is 0 Å². The minimum atomic E-state index is -0.928. The van der Waals surface area contributed by atoms with Gasteiger partial charge in [0.1, 0.15) is 5.69 Å². The van der Waals surface area contributed by atoms with Gasteiger partial charge in [0.2, 0.25) is 11.9 Å². The summed E-state index contributed by atoms with van der Waals surface area (Å²) in [6, 6.07) is 17.1. The lowest BCUT2D eigenvalue weighted by Crippen LogP contribution is -2.22. The van der Waals surface area contributed by atoms with E-state index in [2.05, 4.69) is 14.9 Å². The Balaban J connectivity index is 1.71. The molecule has 5 nitrogen and oxygen atoms in total. The number of nitrogens with zero attached hydrogens (tertiary/aromatic N) is 5. The van der Waals surface area contributed by atoms with E-state index >= 15 is 0 Å². The molecule has 0 fully saturated rings. The number of rotatable bonds is 4. The molecule has 0 bridgehead atoms. The maximum Gasteiger partial charge on any atom is 0.241 e. The number of aromatic nitrogens is 4. The van der Waals surface area contributed by atoms with E-state index in [1.807, 2.05) is 44.2 Å². The summed E-state index contributed by atoms with van der Waals surface area (Å²) in [6.45, 7) is 11.1. The highest BCUT2D eigenvalue weighted by Crippen LogP contribution is 2.31. The largest absolute Gasteiger partial charge is 0.252 e. The number of benzene rings is 1. The molecule has 148 valence electrons. The normalized spacial score (nSPS) is 11.3. The zero-order valence-corrected chi connectivity index (χ0v) is 16.3. The summed E-state index contributed by atoms with van der Waals surface area (Å²) >= 11 is 0. The van der Waals surface area contributed by atoms with E-state index in [1.54, 1.807) is 24.4 Å². The van der Waals surface area contributed by atoms with Crippen molar-refractivity contribution in [2.24, 2.45) is 0 Å². The van der Waals surface area contributed by atoms with Crippen LogP contribution in [0.5, 0.6) is 0 Å². The first-order chi connectivity index (χ1) is 14.4. The van der Waals surface area contributed by atoms with Crippen LogP contribution in [-0.4, -0.2) is 19.7 Å². The average Bonchev–Trinajstić information content (AvgIpc) is 3.25. The molecule has 0 aliphatic rings. The molecule has 30 heavy (non-hydrogen) atoms. The molecule has 0 atom stereocenters. The predicted molar refractivity (Wildman–Crippen MR) is 109 cm³/mol. The van der Waals surface area contributed by atoms with Gasteiger partial charge in [-0.2, -0.15) is 18.9 Å². The Hall–Kier alpha value is -3.92. The fraction of sp³-hybridized carbons (Fsp3) is 0.130. The summed E-state index contributed by atoms with van der Waals surface area (Å²) in [6.07, 6.45) is 1.61. The van der Waals surface area contributed by atoms with Gasteiger partial charge in [-0.05, 0) is 55.8 Å². The molecule has 4 rings (SSSR count). The molecule has 0 aliphatic carbocycles. The molecule has 1 aromatic carbocycles. The second-order valence-corrected chi connectivity index (χ2v) is 7.28. The van der Waals surface area contributed by atoms with E-state index < -0.39 is 17.3 Å². The molecule has 0 N–H and O–H groups in total. The third-order valence-electron chi connectivity index (χ3n) is 4.93. The monoisotopic (exact) mass is 401 g/mol. The molecular weight excluding hydrogens is 384 g/mol. The van der Waals surface area contributed by atoms with Gasteiger partial charge >= 0.3 is 0 Å². The number of hydrogen-bond acceptors (Lipinski definition) is 3. The average molecular weight is 401 g/mol. The van der Waals surface area contributed by atoms with Crippen LogP contribution < -0.4 is 0 Å². The van der Waals surface area contributed by atoms with Crippen molar-refractivity contribution in [1.82, 2.24) is 19.7 Å². The highest BCUT2D eigenvalue weighted by molar-refractivity contribution is 5.65. The highest BCUT2D eigenvalue weighted by atomic mass is 19.1. The second-order valence-electron chi connectivity index (χ2n) is 7.28. The Morgan fingerprint density at radius 1 is 0.933 bits per heavy atom. The van der Waals surface area contributed by atoms with Gasteiger partial charge in [0.05, 0.1) is 29.1 Å². The zero-order chi connectivity index (χ0) is 21.3. The van der Waals surface area contributed by atoms with E-state index in [4.69, 9.17) is 11.6 Å². The molecule has 0 saturated heterocycles. The summed E-state index contributed by atoms with van der Waals surface area (Å²) in [5.74, 6) is -1.81. The first-order valence-corrected chi connectivity index (χ1v) is 9.22. The summed E-state index contributed by atoms with van der Waals surface area (Å²) in [5, 5.41) is 4.48. The van der Waals surface area contributed by atoms with Gasteiger partial charge in [-0.25, -0.2) is 9.53 Å². The fourth-order valence-electron chi connectivity index (χ4n) is 3.18. The van der Waals surface area contributed by atoms with E-state index in [0.717, 1.165) is 23.0 Å². The maximum atomic E-state index is 14.0. The number of pyridine rings is 2. The van der Waals surface area contributed by atoms with Crippen molar-refractivity contribution in [3.63, 3.8) is 0 Å². The van der Waals surface area contributed by atoms with Gasteiger partial charge in [-0.15, -0.1) is 0 Å². The maximum absolute atomic E-state index is 14.0. The van der Waals surface area contributed by atoms with E-state index in [9.17, 15) is 8.78 Å². The Bertz CT molecular complexity index is 1270. The van der Waals surface area contributed by atoms with Crippen molar-refractivity contribution in [2.75, 3.05) is 0 Å². The van der Waals surface area contributed by atoms with Crippen LogP contribution in [0.4, 0.5) is 14.5 Å². The lowest BCUT2D eigenvalue weighted by Gasteiger charge is -2.22. The van der Waals surface area contributed by atoms with Crippen molar-refractivity contribution in [3.8, 4) is 16.9 Å². The van der Waals surface area contributed by atoms with Crippen molar-refractivity contribution in [2.45, 2.75) is 19.3 Å². The molecule has 0 aliphatic heterocycles. The smallest absolute Gasteiger partial charge is 0.241 e. The van der Waals surface area contributed by atoms with Crippen molar-refractivity contribution < 1.29 is 8.78 Å². The third kappa shape index (κ3) is 3.55. The first kappa shape index (κ1) is 19.4.